The Balaban J connectivity index is 1.66. The van der Waals surface area contributed by atoms with Gasteiger partial charge in [-0.2, -0.15) is 5.10 Å². The Kier molecular flexibility index (Phi) is 4.88. The topological polar surface area (TPSA) is 64.7 Å². The van der Waals surface area contributed by atoms with Crippen LogP contribution in [0.25, 0.3) is 5.69 Å². The van der Waals surface area contributed by atoms with E-state index in [1.165, 1.54) is 6.07 Å². The molecule has 3 rings (SSSR count). The summed E-state index contributed by atoms with van der Waals surface area (Å²) in [5.74, 6) is 0.129. The van der Waals surface area contributed by atoms with Crippen LogP contribution in [0.3, 0.4) is 0 Å². The molecule has 0 spiro atoms. The van der Waals surface area contributed by atoms with Gasteiger partial charge in [0.25, 0.3) is 0 Å². The van der Waals surface area contributed by atoms with Gasteiger partial charge in [-0.3, -0.25) is 9.48 Å². The predicted molar refractivity (Wildman–Crippen MR) is 97.9 cm³/mol. The number of benzene rings is 1. The molecule has 1 N–H and O–H groups in total. The van der Waals surface area contributed by atoms with Crippen molar-refractivity contribution in [2.45, 2.75) is 33.6 Å². The number of anilines is 1. The number of nitrogens with zero attached hydrogens (tertiary/aromatic N) is 4. The van der Waals surface area contributed by atoms with E-state index in [-0.39, 0.29) is 5.91 Å². The molecule has 6 nitrogen and oxygen atoms in total. The van der Waals surface area contributed by atoms with Gasteiger partial charge in [0.2, 0.25) is 5.91 Å². The largest absolute Gasteiger partial charge is 0.326 e. The van der Waals surface area contributed by atoms with E-state index in [0.717, 1.165) is 17.0 Å². The summed E-state index contributed by atoms with van der Waals surface area (Å²) >= 11 is 0. The maximum absolute atomic E-state index is 14.4. The van der Waals surface area contributed by atoms with E-state index in [4.69, 9.17) is 0 Å². The summed E-state index contributed by atoms with van der Waals surface area (Å²) in [5.41, 5.74) is 3.92. The molecule has 0 fully saturated rings. The molecule has 3 aromatic rings. The van der Waals surface area contributed by atoms with E-state index in [1.54, 1.807) is 36.0 Å². The molecular formula is C19H22FN5O. The lowest BCUT2D eigenvalue weighted by molar-refractivity contribution is -0.116. The third-order valence-electron chi connectivity index (χ3n) is 4.58. The van der Waals surface area contributed by atoms with Gasteiger partial charge in [-0.1, -0.05) is 0 Å². The Bertz CT molecular complexity index is 957. The molecule has 2 heterocycles. The van der Waals surface area contributed by atoms with Crippen LogP contribution in [0.1, 0.15) is 29.2 Å². The Morgan fingerprint density at radius 2 is 2.04 bits per heavy atom. The van der Waals surface area contributed by atoms with Crippen molar-refractivity contribution in [3.05, 3.63) is 59.2 Å². The third kappa shape index (κ3) is 3.51. The molecule has 0 radical (unpaired) electrons. The summed E-state index contributed by atoms with van der Waals surface area (Å²) in [4.78, 5) is 16.3. The summed E-state index contributed by atoms with van der Waals surface area (Å²) < 4.78 is 17.9. The smallest absolute Gasteiger partial charge is 0.224 e. The van der Waals surface area contributed by atoms with Gasteiger partial charge in [0.15, 0.2) is 0 Å². The van der Waals surface area contributed by atoms with Crippen molar-refractivity contribution in [1.29, 1.82) is 0 Å². The number of hydrogen-bond donors (Lipinski definition) is 1. The second kappa shape index (κ2) is 7.11. The van der Waals surface area contributed by atoms with Gasteiger partial charge in [0, 0.05) is 37.2 Å². The summed E-state index contributed by atoms with van der Waals surface area (Å²) in [7, 11) is 1.89. The molecule has 7 heteroatoms. The lowest BCUT2D eigenvalue weighted by atomic mass is 10.1. The number of hydrogen-bond acceptors (Lipinski definition) is 3. The summed E-state index contributed by atoms with van der Waals surface area (Å²) in [6, 6.07) is 4.65. The number of amides is 1. The van der Waals surface area contributed by atoms with Gasteiger partial charge in [-0.25, -0.2) is 9.37 Å². The van der Waals surface area contributed by atoms with Crippen molar-refractivity contribution in [3.8, 4) is 5.69 Å². The highest BCUT2D eigenvalue weighted by atomic mass is 19.1. The summed E-state index contributed by atoms with van der Waals surface area (Å²) in [5, 5.41) is 7.11. The van der Waals surface area contributed by atoms with Gasteiger partial charge in [0.05, 0.1) is 11.4 Å². The minimum Gasteiger partial charge on any atom is -0.326 e. The molecule has 26 heavy (non-hydrogen) atoms. The first-order valence-electron chi connectivity index (χ1n) is 8.45. The molecular weight excluding hydrogens is 333 g/mol. The van der Waals surface area contributed by atoms with Gasteiger partial charge in [0.1, 0.15) is 11.6 Å². The van der Waals surface area contributed by atoms with Crippen LogP contribution in [-0.4, -0.2) is 25.2 Å². The van der Waals surface area contributed by atoms with Crippen LogP contribution in [0.4, 0.5) is 10.1 Å². The quantitative estimate of drug-likeness (QED) is 0.764. The maximum Gasteiger partial charge on any atom is 0.224 e. The zero-order valence-corrected chi connectivity index (χ0v) is 15.4. The van der Waals surface area contributed by atoms with E-state index in [9.17, 15) is 9.18 Å². The van der Waals surface area contributed by atoms with Gasteiger partial charge in [-0.15, -0.1) is 0 Å². The number of imidazole rings is 1. The van der Waals surface area contributed by atoms with Crippen LogP contribution in [0.15, 0.2) is 30.6 Å². The Morgan fingerprint density at radius 3 is 2.62 bits per heavy atom. The first kappa shape index (κ1) is 17.8. The minimum absolute atomic E-state index is 0.154. The maximum atomic E-state index is 14.4. The highest BCUT2D eigenvalue weighted by molar-refractivity contribution is 5.91. The van der Waals surface area contributed by atoms with Crippen LogP contribution < -0.4 is 5.32 Å². The normalized spacial score (nSPS) is 11.0. The number of nitrogens with one attached hydrogen (secondary N) is 1. The van der Waals surface area contributed by atoms with Crippen LogP contribution in [0.5, 0.6) is 0 Å². The average molecular weight is 355 g/mol. The molecule has 0 bridgehead atoms. The number of carbonyl (C=O) groups excluding carboxylic acids is 1. The molecule has 136 valence electrons. The van der Waals surface area contributed by atoms with Crippen molar-refractivity contribution in [3.63, 3.8) is 0 Å². The fraction of sp³-hybridized carbons (Fsp3) is 0.316. The predicted octanol–water partition coefficient (Wildman–Crippen LogP) is 3.24. The molecule has 0 aliphatic carbocycles. The zero-order valence-electron chi connectivity index (χ0n) is 15.4. The zero-order chi connectivity index (χ0) is 18.8. The first-order valence-corrected chi connectivity index (χ1v) is 8.45. The highest BCUT2D eigenvalue weighted by Gasteiger charge is 2.13. The van der Waals surface area contributed by atoms with E-state index < -0.39 is 5.82 Å². The Morgan fingerprint density at radius 1 is 1.27 bits per heavy atom. The Hall–Kier alpha value is -2.96. The van der Waals surface area contributed by atoms with Gasteiger partial charge in [-0.05, 0) is 51.0 Å². The minimum atomic E-state index is -0.414. The number of aromatic nitrogens is 4. The standard InChI is InChI=1S/C19H22FN5O/c1-12-16(13(2)24(4)23-12)6-8-19(26)22-15-5-7-18(17(20)11-15)25-10-9-21-14(25)3/h5,7,9-11H,6,8H2,1-4H3,(H,22,26). The SMILES string of the molecule is Cc1nn(C)c(C)c1CCC(=O)Nc1ccc(-n2ccnc2C)c(F)c1. The number of aryl methyl sites for hydroxylation is 3. The lowest BCUT2D eigenvalue weighted by Gasteiger charge is -2.10. The number of rotatable bonds is 5. The molecule has 0 aliphatic rings. The molecule has 1 amide bonds. The van der Waals surface area contributed by atoms with Crippen molar-refractivity contribution in [2.24, 2.45) is 7.05 Å². The third-order valence-corrected chi connectivity index (χ3v) is 4.58. The number of halogens is 1. The first-order chi connectivity index (χ1) is 12.4. The molecule has 0 unspecified atom stereocenters. The second-order valence-corrected chi connectivity index (χ2v) is 6.33. The van der Waals surface area contributed by atoms with Gasteiger partial charge < -0.3 is 9.88 Å². The monoisotopic (exact) mass is 355 g/mol. The second-order valence-electron chi connectivity index (χ2n) is 6.33. The molecule has 0 atom stereocenters. The lowest BCUT2D eigenvalue weighted by Crippen LogP contribution is -2.13. The van der Waals surface area contributed by atoms with E-state index in [1.807, 2.05) is 25.6 Å². The molecule has 2 aromatic heterocycles. The Labute approximate surface area is 151 Å². The number of carbonyl (C=O) groups is 1. The van der Waals surface area contributed by atoms with Crippen molar-refractivity contribution < 1.29 is 9.18 Å². The van der Waals surface area contributed by atoms with Crippen LogP contribution in [0.2, 0.25) is 0 Å². The fourth-order valence-electron chi connectivity index (χ4n) is 3.05. The fourth-order valence-corrected chi connectivity index (χ4v) is 3.05. The van der Waals surface area contributed by atoms with Crippen LogP contribution >= 0.6 is 0 Å². The van der Waals surface area contributed by atoms with Gasteiger partial charge >= 0.3 is 0 Å². The summed E-state index contributed by atoms with van der Waals surface area (Å²) in [6.07, 6.45) is 4.24. The highest BCUT2D eigenvalue weighted by Crippen LogP contribution is 2.20. The van der Waals surface area contributed by atoms with Crippen LogP contribution in [0, 0.1) is 26.6 Å². The molecule has 0 saturated carbocycles. The van der Waals surface area contributed by atoms with E-state index in [0.29, 0.717) is 30.0 Å². The average Bonchev–Trinajstić information content (AvgIpc) is 3.10. The molecule has 1 aromatic carbocycles. The van der Waals surface area contributed by atoms with Crippen molar-refractivity contribution in [2.75, 3.05) is 5.32 Å². The molecule has 0 aliphatic heterocycles. The van der Waals surface area contributed by atoms with Crippen molar-refractivity contribution in [1.82, 2.24) is 19.3 Å². The molecule has 0 saturated heterocycles. The van der Waals surface area contributed by atoms with Crippen LogP contribution in [-0.2, 0) is 18.3 Å². The van der Waals surface area contributed by atoms with Crippen molar-refractivity contribution >= 4 is 11.6 Å². The van der Waals surface area contributed by atoms with E-state index >= 15 is 0 Å². The van der Waals surface area contributed by atoms with E-state index in [2.05, 4.69) is 15.4 Å². The summed E-state index contributed by atoms with van der Waals surface area (Å²) in [6.45, 7) is 5.73.